The molecule has 0 unspecified atom stereocenters. The van der Waals surface area contributed by atoms with Crippen LogP contribution in [0.25, 0.3) is 11.3 Å². The van der Waals surface area contributed by atoms with Gasteiger partial charge in [-0.05, 0) is 19.1 Å². The van der Waals surface area contributed by atoms with E-state index >= 15 is 0 Å². The lowest BCUT2D eigenvalue weighted by atomic mass is 10.1. The van der Waals surface area contributed by atoms with Crippen molar-refractivity contribution in [3.8, 4) is 11.3 Å². The highest BCUT2D eigenvalue weighted by molar-refractivity contribution is 5.67. The third-order valence-corrected chi connectivity index (χ3v) is 3.64. The minimum atomic E-state index is -0.593. The molecule has 134 valence electrons. The van der Waals surface area contributed by atoms with Gasteiger partial charge in [0.25, 0.3) is 0 Å². The van der Waals surface area contributed by atoms with Gasteiger partial charge in [0.05, 0.1) is 18.0 Å². The second-order valence-corrected chi connectivity index (χ2v) is 5.81. The van der Waals surface area contributed by atoms with Gasteiger partial charge in [-0.15, -0.1) is 0 Å². The molecule has 0 radical (unpaired) electrons. The number of benzene rings is 2. The maximum Gasteiger partial charge on any atom is 0.225 e. The molecule has 1 aromatic heterocycles. The van der Waals surface area contributed by atoms with Crippen LogP contribution in [-0.2, 0) is 0 Å². The second kappa shape index (κ2) is 7.88. The molecule has 0 fully saturated rings. The van der Waals surface area contributed by atoms with Gasteiger partial charge in [-0.3, -0.25) is 0 Å². The highest BCUT2D eigenvalue weighted by Crippen LogP contribution is 2.25. The molecule has 0 amide bonds. The molecule has 0 saturated carbocycles. The van der Waals surface area contributed by atoms with E-state index in [1.165, 1.54) is 0 Å². The topological polar surface area (TPSA) is 70.1 Å². The summed E-state index contributed by atoms with van der Waals surface area (Å²) in [7, 11) is 0. The molecular weight excluding hydrogens is 338 g/mol. The van der Waals surface area contributed by atoms with Crippen LogP contribution in [0.1, 0.15) is 6.92 Å². The van der Waals surface area contributed by atoms with Crippen molar-refractivity contribution in [1.82, 2.24) is 9.97 Å². The fourth-order valence-corrected chi connectivity index (χ4v) is 2.33. The van der Waals surface area contributed by atoms with E-state index in [4.69, 9.17) is 0 Å². The van der Waals surface area contributed by atoms with Gasteiger partial charge in [0.15, 0.2) is 0 Å². The Hall–Kier alpha value is -3.06. The molecule has 3 N–H and O–H groups in total. The number of hydrogen-bond acceptors (Lipinski definition) is 5. The predicted octanol–water partition coefficient (Wildman–Crippen LogP) is 3.96. The van der Waals surface area contributed by atoms with Crippen LogP contribution in [-0.4, -0.2) is 27.7 Å². The number of hydrogen-bond donors (Lipinski definition) is 3. The third kappa shape index (κ3) is 4.31. The first-order valence-corrected chi connectivity index (χ1v) is 8.09. The van der Waals surface area contributed by atoms with Crippen LogP contribution in [0.5, 0.6) is 0 Å². The SMILES string of the molecule is C[C@H](CO)Nc1nc(Nc2cc(F)ccc2F)cc(-c2ccccc2)n1. The van der Waals surface area contributed by atoms with E-state index in [-0.39, 0.29) is 24.3 Å². The normalized spacial score (nSPS) is 11.8. The van der Waals surface area contributed by atoms with E-state index < -0.39 is 11.6 Å². The average Bonchev–Trinajstić information content (AvgIpc) is 2.65. The van der Waals surface area contributed by atoms with Crippen molar-refractivity contribution in [1.29, 1.82) is 0 Å². The fourth-order valence-electron chi connectivity index (χ4n) is 2.33. The summed E-state index contributed by atoms with van der Waals surface area (Å²) < 4.78 is 27.3. The van der Waals surface area contributed by atoms with Crippen LogP contribution in [0.4, 0.5) is 26.2 Å². The van der Waals surface area contributed by atoms with Crippen LogP contribution in [0.2, 0.25) is 0 Å². The zero-order valence-corrected chi connectivity index (χ0v) is 14.1. The molecule has 7 heteroatoms. The highest BCUT2D eigenvalue weighted by Gasteiger charge is 2.11. The van der Waals surface area contributed by atoms with Crippen molar-refractivity contribution in [2.24, 2.45) is 0 Å². The van der Waals surface area contributed by atoms with Crippen molar-refractivity contribution >= 4 is 17.5 Å². The van der Waals surface area contributed by atoms with Crippen LogP contribution in [0.15, 0.2) is 54.6 Å². The molecule has 1 heterocycles. The van der Waals surface area contributed by atoms with Crippen LogP contribution in [0.3, 0.4) is 0 Å². The molecule has 2 aromatic carbocycles. The zero-order chi connectivity index (χ0) is 18.5. The molecule has 0 bridgehead atoms. The number of aliphatic hydroxyl groups is 1. The molecule has 1 atom stereocenters. The summed E-state index contributed by atoms with van der Waals surface area (Å²) in [6.07, 6.45) is 0. The molecule has 26 heavy (non-hydrogen) atoms. The van der Waals surface area contributed by atoms with E-state index in [0.29, 0.717) is 11.5 Å². The van der Waals surface area contributed by atoms with Gasteiger partial charge in [-0.1, -0.05) is 30.3 Å². The molecule has 0 aliphatic heterocycles. The summed E-state index contributed by atoms with van der Waals surface area (Å²) in [5.41, 5.74) is 1.42. The minimum Gasteiger partial charge on any atom is -0.394 e. The Morgan fingerprint density at radius 1 is 1.04 bits per heavy atom. The van der Waals surface area contributed by atoms with Gasteiger partial charge in [-0.25, -0.2) is 13.8 Å². The Balaban J connectivity index is 2.00. The van der Waals surface area contributed by atoms with Gasteiger partial charge in [-0.2, -0.15) is 4.98 Å². The molecule has 0 aliphatic rings. The molecule has 0 aliphatic carbocycles. The zero-order valence-electron chi connectivity index (χ0n) is 14.1. The number of aliphatic hydroxyl groups excluding tert-OH is 1. The average molecular weight is 356 g/mol. The lowest BCUT2D eigenvalue weighted by Crippen LogP contribution is -2.21. The van der Waals surface area contributed by atoms with Crippen LogP contribution in [0, 0.1) is 11.6 Å². The second-order valence-electron chi connectivity index (χ2n) is 5.81. The summed E-state index contributed by atoms with van der Waals surface area (Å²) >= 11 is 0. The summed E-state index contributed by atoms with van der Waals surface area (Å²) in [5.74, 6) is -0.578. The van der Waals surface area contributed by atoms with Gasteiger partial charge in [0.2, 0.25) is 5.95 Å². The Kier molecular flexibility index (Phi) is 5.38. The number of aromatic nitrogens is 2. The smallest absolute Gasteiger partial charge is 0.225 e. The van der Waals surface area contributed by atoms with Gasteiger partial charge < -0.3 is 15.7 Å². The molecule has 0 spiro atoms. The monoisotopic (exact) mass is 356 g/mol. The number of rotatable bonds is 6. The Morgan fingerprint density at radius 2 is 1.81 bits per heavy atom. The molecule has 3 rings (SSSR count). The van der Waals surface area contributed by atoms with E-state index in [9.17, 15) is 13.9 Å². The number of halogens is 2. The number of anilines is 3. The van der Waals surface area contributed by atoms with Crippen molar-refractivity contribution in [2.75, 3.05) is 17.2 Å². The lowest BCUT2D eigenvalue weighted by Gasteiger charge is -2.14. The number of nitrogens with zero attached hydrogens (tertiary/aromatic N) is 2. The maximum atomic E-state index is 13.9. The first kappa shape index (κ1) is 17.8. The van der Waals surface area contributed by atoms with Crippen molar-refractivity contribution in [3.63, 3.8) is 0 Å². The van der Waals surface area contributed by atoms with Gasteiger partial charge >= 0.3 is 0 Å². The fraction of sp³-hybridized carbons (Fsp3) is 0.158. The highest BCUT2D eigenvalue weighted by atomic mass is 19.1. The van der Waals surface area contributed by atoms with Gasteiger partial charge in [0, 0.05) is 23.7 Å². The quantitative estimate of drug-likeness (QED) is 0.624. The lowest BCUT2D eigenvalue weighted by molar-refractivity contribution is 0.281. The Bertz CT molecular complexity index is 890. The largest absolute Gasteiger partial charge is 0.394 e. The summed E-state index contributed by atoms with van der Waals surface area (Å²) in [6.45, 7) is 1.68. The first-order chi connectivity index (χ1) is 12.5. The molecule has 5 nitrogen and oxygen atoms in total. The van der Waals surface area contributed by atoms with Crippen molar-refractivity contribution in [2.45, 2.75) is 13.0 Å². The molecule has 3 aromatic rings. The van der Waals surface area contributed by atoms with E-state index in [1.54, 1.807) is 13.0 Å². The van der Waals surface area contributed by atoms with E-state index in [1.807, 2.05) is 30.3 Å². The summed E-state index contributed by atoms with van der Waals surface area (Å²) in [6, 6.07) is 13.9. The van der Waals surface area contributed by atoms with Crippen molar-refractivity contribution < 1.29 is 13.9 Å². The van der Waals surface area contributed by atoms with Crippen LogP contribution < -0.4 is 10.6 Å². The molecule has 0 saturated heterocycles. The Morgan fingerprint density at radius 3 is 2.54 bits per heavy atom. The minimum absolute atomic E-state index is 0.0242. The van der Waals surface area contributed by atoms with E-state index in [2.05, 4.69) is 20.6 Å². The maximum absolute atomic E-state index is 13.9. The predicted molar refractivity (Wildman–Crippen MR) is 97.3 cm³/mol. The van der Waals surface area contributed by atoms with Crippen LogP contribution >= 0.6 is 0 Å². The van der Waals surface area contributed by atoms with Crippen molar-refractivity contribution in [3.05, 3.63) is 66.2 Å². The standard InChI is InChI=1S/C19H18F2N4O/c1-12(11-26)22-19-24-16(13-5-3-2-4-6-13)10-18(25-19)23-17-9-14(20)7-8-15(17)21/h2-10,12,26H,11H2,1H3,(H2,22,23,24,25)/t12-/m1/s1. The summed E-state index contributed by atoms with van der Waals surface area (Å²) in [5, 5.41) is 15.0. The first-order valence-electron chi connectivity index (χ1n) is 8.09. The van der Waals surface area contributed by atoms with Gasteiger partial charge in [0.1, 0.15) is 17.5 Å². The Labute approximate surface area is 149 Å². The number of nitrogens with one attached hydrogen (secondary N) is 2. The van der Waals surface area contributed by atoms with E-state index in [0.717, 1.165) is 23.8 Å². The summed E-state index contributed by atoms with van der Waals surface area (Å²) in [4.78, 5) is 8.71. The molecular formula is C19H18F2N4O. The third-order valence-electron chi connectivity index (χ3n) is 3.64.